The van der Waals surface area contributed by atoms with Gasteiger partial charge in [-0.3, -0.25) is 9.36 Å². The van der Waals surface area contributed by atoms with Gasteiger partial charge in [-0.25, -0.2) is 0 Å². The number of hydrogen-bond donors (Lipinski definition) is 2. The number of aromatic nitrogens is 2. The van der Waals surface area contributed by atoms with Crippen LogP contribution in [0.1, 0.15) is 10.4 Å². The van der Waals surface area contributed by atoms with Crippen LogP contribution < -0.4 is 5.32 Å². The van der Waals surface area contributed by atoms with Crippen molar-refractivity contribution < 1.29 is 4.79 Å². The zero-order valence-corrected chi connectivity index (χ0v) is 11.9. The lowest BCUT2D eigenvalue weighted by Crippen LogP contribution is -2.11. The number of hydrogen-bond acceptors (Lipinski definition) is 2. The minimum atomic E-state index is -0.134. The molecule has 0 saturated heterocycles. The fourth-order valence-electron chi connectivity index (χ4n) is 2.05. The van der Waals surface area contributed by atoms with Gasteiger partial charge < -0.3 is 10.3 Å². The van der Waals surface area contributed by atoms with Crippen LogP contribution in [0.3, 0.4) is 0 Å². The van der Waals surface area contributed by atoms with E-state index in [-0.39, 0.29) is 5.91 Å². The smallest absolute Gasteiger partial charge is 0.255 e. The first-order valence-electron chi connectivity index (χ1n) is 6.47. The average Bonchev–Trinajstić information content (AvgIpc) is 2.94. The van der Waals surface area contributed by atoms with Crippen LogP contribution in [0.15, 0.2) is 67.0 Å². The molecule has 4 nitrogen and oxygen atoms in total. The second kappa shape index (κ2) is 5.76. The van der Waals surface area contributed by atoms with E-state index in [4.69, 9.17) is 12.2 Å². The lowest BCUT2D eigenvalue weighted by Gasteiger charge is -2.08. The van der Waals surface area contributed by atoms with Gasteiger partial charge in [0.2, 0.25) is 0 Å². The van der Waals surface area contributed by atoms with Gasteiger partial charge in [-0.2, -0.15) is 0 Å². The number of benzene rings is 2. The van der Waals surface area contributed by atoms with Crippen LogP contribution in [0.2, 0.25) is 0 Å². The number of nitrogens with zero attached hydrogens (tertiary/aromatic N) is 1. The van der Waals surface area contributed by atoms with E-state index in [0.29, 0.717) is 10.3 Å². The van der Waals surface area contributed by atoms with Crippen molar-refractivity contribution in [3.05, 3.63) is 77.3 Å². The van der Waals surface area contributed by atoms with E-state index in [0.717, 1.165) is 11.4 Å². The van der Waals surface area contributed by atoms with E-state index < -0.39 is 0 Å². The molecule has 1 amide bonds. The fraction of sp³-hybridized carbons (Fsp3) is 0. The maximum absolute atomic E-state index is 12.1. The summed E-state index contributed by atoms with van der Waals surface area (Å²) in [6, 6.07) is 16.7. The molecule has 2 N–H and O–H groups in total. The maximum atomic E-state index is 12.1. The summed E-state index contributed by atoms with van der Waals surface area (Å²) >= 11 is 5.20. The van der Waals surface area contributed by atoms with Gasteiger partial charge in [-0.1, -0.05) is 24.3 Å². The molecule has 3 aromatic rings. The summed E-state index contributed by atoms with van der Waals surface area (Å²) in [5.74, 6) is -0.134. The zero-order chi connectivity index (χ0) is 14.7. The number of aromatic amines is 1. The molecule has 0 spiro atoms. The van der Waals surface area contributed by atoms with Gasteiger partial charge in [0, 0.05) is 29.3 Å². The van der Waals surface area contributed by atoms with Crippen LogP contribution in [0.25, 0.3) is 5.69 Å². The molecule has 0 aliphatic heterocycles. The zero-order valence-electron chi connectivity index (χ0n) is 11.1. The van der Waals surface area contributed by atoms with Crippen molar-refractivity contribution in [1.29, 1.82) is 0 Å². The van der Waals surface area contributed by atoms with Crippen LogP contribution in [0.4, 0.5) is 5.69 Å². The number of rotatable bonds is 3. The molecular weight excluding hydrogens is 282 g/mol. The van der Waals surface area contributed by atoms with Crippen molar-refractivity contribution in [1.82, 2.24) is 9.55 Å². The summed E-state index contributed by atoms with van der Waals surface area (Å²) in [7, 11) is 0. The molecule has 0 aliphatic carbocycles. The molecule has 0 unspecified atom stereocenters. The second-order valence-corrected chi connectivity index (χ2v) is 4.89. The fourth-order valence-corrected chi connectivity index (χ4v) is 2.28. The highest BCUT2D eigenvalue weighted by atomic mass is 32.1. The average molecular weight is 295 g/mol. The standard InChI is InChI=1S/C16H13N3OS/c20-15(12-5-2-1-3-6-12)18-13-7-4-8-14(11-13)19-10-9-17-16(19)21/h1-11H,(H,17,21)(H,18,20). The number of amides is 1. The molecule has 21 heavy (non-hydrogen) atoms. The highest BCUT2D eigenvalue weighted by Gasteiger charge is 2.06. The highest BCUT2D eigenvalue weighted by molar-refractivity contribution is 7.71. The highest BCUT2D eigenvalue weighted by Crippen LogP contribution is 2.16. The molecule has 0 saturated carbocycles. The number of carbonyl (C=O) groups is 1. The molecule has 0 atom stereocenters. The number of imidazole rings is 1. The van der Waals surface area contributed by atoms with Gasteiger partial charge in [0.15, 0.2) is 4.77 Å². The normalized spacial score (nSPS) is 10.3. The Balaban J connectivity index is 1.86. The SMILES string of the molecule is O=C(Nc1cccc(-n2cc[nH]c2=S)c1)c1ccccc1. The minimum absolute atomic E-state index is 0.134. The van der Waals surface area contributed by atoms with Crippen LogP contribution >= 0.6 is 12.2 Å². The van der Waals surface area contributed by atoms with Crippen LogP contribution in [-0.4, -0.2) is 15.5 Å². The van der Waals surface area contributed by atoms with Crippen LogP contribution in [0.5, 0.6) is 0 Å². The molecule has 0 fully saturated rings. The van der Waals surface area contributed by atoms with Crippen LogP contribution in [0, 0.1) is 4.77 Å². The Labute approximate surface area is 127 Å². The summed E-state index contributed by atoms with van der Waals surface area (Å²) in [5.41, 5.74) is 2.25. The monoisotopic (exact) mass is 295 g/mol. The second-order valence-electron chi connectivity index (χ2n) is 4.51. The van der Waals surface area contributed by atoms with E-state index in [2.05, 4.69) is 10.3 Å². The van der Waals surface area contributed by atoms with E-state index in [9.17, 15) is 4.79 Å². The quantitative estimate of drug-likeness (QED) is 0.722. The molecule has 1 aromatic heterocycles. The molecule has 104 valence electrons. The summed E-state index contributed by atoms with van der Waals surface area (Å²) in [6.45, 7) is 0. The minimum Gasteiger partial charge on any atom is -0.337 e. The number of nitrogens with one attached hydrogen (secondary N) is 2. The molecule has 0 aliphatic rings. The largest absolute Gasteiger partial charge is 0.337 e. The van der Waals surface area contributed by atoms with Gasteiger partial charge >= 0.3 is 0 Å². The van der Waals surface area contributed by atoms with Crippen molar-refractivity contribution in [3.8, 4) is 5.69 Å². The van der Waals surface area contributed by atoms with Crippen molar-refractivity contribution in [2.45, 2.75) is 0 Å². The molecule has 2 aromatic carbocycles. The lowest BCUT2D eigenvalue weighted by molar-refractivity contribution is 0.102. The Kier molecular flexibility index (Phi) is 3.66. The molecule has 5 heteroatoms. The van der Waals surface area contributed by atoms with E-state index in [1.165, 1.54) is 0 Å². The van der Waals surface area contributed by atoms with Gasteiger partial charge in [-0.15, -0.1) is 0 Å². The molecule has 0 radical (unpaired) electrons. The summed E-state index contributed by atoms with van der Waals surface area (Å²) < 4.78 is 2.45. The Hall–Kier alpha value is -2.66. The first-order chi connectivity index (χ1) is 10.2. The Morgan fingerprint density at radius 3 is 2.62 bits per heavy atom. The van der Waals surface area contributed by atoms with E-state index in [1.807, 2.05) is 53.2 Å². The Morgan fingerprint density at radius 1 is 1.10 bits per heavy atom. The third-order valence-electron chi connectivity index (χ3n) is 3.07. The summed E-state index contributed by atoms with van der Waals surface area (Å²) in [4.78, 5) is 15.1. The summed E-state index contributed by atoms with van der Waals surface area (Å²) in [6.07, 6.45) is 3.62. The molecular formula is C16H13N3OS. The maximum Gasteiger partial charge on any atom is 0.255 e. The van der Waals surface area contributed by atoms with Crippen LogP contribution in [-0.2, 0) is 0 Å². The van der Waals surface area contributed by atoms with E-state index >= 15 is 0 Å². The Bertz CT molecular complexity index is 821. The van der Waals surface area contributed by atoms with Crippen molar-refractivity contribution >= 4 is 23.8 Å². The van der Waals surface area contributed by atoms with Crippen molar-refractivity contribution in [3.63, 3.8) is 0 Å². The lowest BCUT2D eigenvalue weighted by atomic mass is 10.2. The van der Waals surface area contributed by atoms with E-state index in [1.54, 1.807) is 18.3 Å². The predicted molar refractivity (Wildman–Crippen MR) is 85.3 cm³/mol. The Morgan fingerprint density at radius 2 is 1.90 bits per heavy atom. The molecule has 1 heterocycles. The molecule has 0 bridgehead atoms. The van der Waals surface area contributed by atoms with Gasteiger partial charge in [0.1, 0.15) is 0 Å². The van der Waals surface area contributed by atoms with Gasteiger partial charge in [0.05, 0.1) is 0 Å². The third-order valence-corrected chi connectivity index (χ3v) is 3.38. The first-order valence-corrected chi connectivity index (χ1v) is 6.88. The third kappa shape index (κ3) is 2.93. The predicted octanol–water partition coefficient (Wildman–Crippen LogP) is 3.79. The number of anilines is 1. The topological polar surface area (TPSA) is 49.8 Å². The number of H-pyrrole nitrogens is 1. The first kappa shape index (κ1) is 13.3. The van der Waals surface area contributed by atoms with Gasteiger partial charge in [0.25, 0.3) is 5.91 Å². The van der Waals surface area contributed by atoms with Gasteiger partial charge in [-0.05, 0) is 42.5 Å². The summed E-state index contributed by atoms with van der Waals surface area (Å²) in [5, 5.41) is 2.88. The van der Waals surface area contributed by atoms with Crippen molar-refractivity contribution in [2.24, 2.45) is 0 Å². The molecule has 3 rings (SSSR count). The number of carbonyl (C=O) groups excluding carboxylic acids is 1. The van der Waals surface area contributed by atoms with Crippen molar-refractivity contribution in [2.75, 3.05) is 5.32 Å².